The molecule has 0 fully saturated rings. The van der Waals surface area contributed by atoms with Crippen molar-refractivity contribution in [1.82, 2.24) is 0 Å². The quantitative estimate of drug-likeness (QED) is 0.770. The van der Waals surface area contributed by atoms with Gasteiger partial charge in [0.05, 0.1) is 11.7 Å². The lowest BCUT2D eigenvalue weighted by atomic mass is 10.1. The molecule has 76 valence electrons. The van der Waals surface area contributed by atoms with Crippen molar-refractivity contribution in [3.05, 3.63) is 22.7 Å². The fourth-order valence-electron chi connectivity index (χ4n) is 1.69. The van der Waals surface area contributed by atoms with E-state index in [-0.39, 0.29) is 0 Å². The third-order valence-electron chi connectivity index (χ3n) is 2.52. The minimum absolute atomic E-state index is 0.403. The highest BCUT2D eigenvalue weighted by Crippen LogP contribution is 2.35. The van der Waals surface area contributed by atoms with E-state index in [1.807, 2.05) is 19.1 Å². The molecule has 1 aliphatic heterocycles. The van der Waals surface area contributed by atoms with Crippen LogP contribution < -0.4 is 10.1 Å². The van der Waals surface area contributed by atoms with Gasteiger partial charge in [-0.15, -0.1) is 0 Å². The monoisotopic (exact) mass is 211 g/mol. The van der Waals surface area contributed by atoms with Crippen molar-refractivity contribution >= 4 is 17.3 Å². The summed E-state index contributed by atoms with van der Waals surface area (Å²) >= 11 is 5.98. The van der Waals surface area contributed by atoms with E-state index in [1.165, 1.54) is 0 Å². The summed E-state index contributed by atoms with van der Waals surface area (Å²) in [4.78, 5) is 0. The molecule has 14 heavy (non-hydrogen) atoms. The summed E-state index contributed by atoms with van der Waals surface area (Å²) < 4.78 is 5.69. The number of benzene rings is 1. The lowest BCUT2D eigenvalue weighted by molar-refractivity contribution is 0.280. The molecule has 3 heteroatoms. The van der Waals surface area contributed by atoms with Crippen molar-refractivity contribution < 1.29 is 4.74 Å². The smallest absolute Gasteiger partial charge is 0.145 e. The lowest BCUT2D eigenvalue weighted by Crippen LogP contribution is -2.30. The number of hydrogen-bond acceptors (Lipinski definition) is 2. The number of aryl methyl sites for hydroxylation is 1. The van der Waals surface area contributed by atoms with Crippen LogP contribution in [0.25, 0.3) is 0 Å². The van der Waals surface area contributed by atoms with Crippen LogP contribution in [0.15, 0.2) is 12.1 Å². The Morgan fingerprint density at radius 2 is 2.36 bits per heavy atom. The molecule has 0 aromatic heterocycles. The van der Waals surface area contributed by atoms with Crippen LogP contribution in [0.5, 0.6) is 5.75 Å². The molecule has 0 aliphatic carbocycles. The van der Waals surface area contributed by atoms with Crippen LogP contribution >= 0.6 is 11.6 Å². The topological polar surface area (TPSA) is 21.3 Å². The summed E-state index contributed by atoms with van der Waals surface area (Å²) in [6.07, 6.45) is 1.06. The van der Waals surface area contributed by atoms with Crippen molar-refractivity contribution in [1.29, 1.82) is 0 Å². The van der Waals surface area contributed by atoms with E-state index in [0.29, 0.717) is 6.04 Å². The number of rotatable bonds is 1. The second-order valence-electron chi connectivity index (χ2n) is 3.66. The minimum atomic E-state index is 0.403. The van der Waals surface area contributed by atoms with Crippen LogP contribution in [-0.2, 0) is 0 Å². The van der Waals surface area contributed by atoms with Gasteiger partial charge in [-0.3, -0.25) is 0 Å². The van der Waals surface area contributed by atoms with Crippen molar-refractivity contribution in [2.75, 3.05) is 11.9 Å². The Morgan fingerprint density at radius 1 is 1.57 bits per heavy atom. The highest BCUT2D eigenvalue weighted by molar-refractivity contribution is 6.31. The van der Waals surface area contributed by atoms with Gasteiger partial charge in [-0.05, 0) is 31.0 Å². The Bertz CT molecular complexity index is 351. The van der Waals surface area contributed by atoms with Crippen LogP contribution in [0.4, 0.5) is 5.69 Å². The van der Waals surface area contributed by atoms with Gasteiger partial charge in [0.25, 0.3) is 0 Å². The molecule has 1 unspecified atom stereocenters. The van der Waals surface area contributed by atoms with Crippen molar-refractivity contribution in [2.45, 2.75) is 26.3 Å². The zero-order chi connectivity index (χ0) is 10.1. The molecule has 0 radical (unpaired) electrons. The lowest BCUT2D eigenvalue weighted by Gasteiger charge is -2.28. The predicted octanol–water partition coefficient (Wildman–Crippen LogP) is 3.23. The van der Waals surface area contributed by atoms with Gasteiger partial charge in [-0.2, -0.15) is 0 Å². The van der Waals surface area contributed by atoms with Crippen LogP contribution in [-0.4, -0.2) is 12.6 Å². The van der Waals surface area contributed by atoms with Gasteiger partial charge in [0, 0.05) is 5.02 Å². The molecule has 0 bridgehead atoms. The van der Waals surface area contributed by atoms with Crippen molar-refractivity contribution in [3.63, 3.8) is 0 Å². The van der Waals surface area contributed by atoms with Gasteiger partial charge in [0.1, 0.15) is 12.4 Å². The summed E-state index contributed by atoms with van der Waals surface area (Å²) in [6, 6.07) is 4.25. The zero-order valence-electron chi connectivity index (χ0n) is 8.43. The molecule has 1 atom stereocenters. The van der Waals surface area contributed by atoms with Crippen LogP contribution in [0, 0.1) is 6.92 Å². The fourth-order valence-corrected chi connectivity index (χ4v) is 1.97. The van der Waals surface area contributed by atoms with Gasteiger partial charge in [0.2, 0.25) is 0 Å². The largest absolute Gasteiger partial charge is 0.489 e. The fraction of sp³-hybridized carbons (Fsp3) is 0.455. The summed E-state index contributed by atoms with van der Waals surface area (Å²) in [6.45, 7) is 4.90. The standard InChI is InChI=1S/C11H14ClNO/c1-3-9-6-14-11-7(2)4-8(12)5-10(11)13-9/h4-5,9,13H,3,6H2,1-2H3. The van der Waals surface area contributed by atoms with E-state index in [9.17, 15) is 0 Å². The second-order valence-corrected chi connectivity index (χ2v) is 4.10. The third kappa shape index (κ3) is 1.67. The summed E-state index contributed by atoms with van der Waals surface area (Å²) in [5.74, 6) is 0.944. The van der Waals surface area contributed by atoms with E-state index in [1.54, 1.807) is 0 Å². The molecule has 1 N–H and O–H groups in total. The molecule has 0 saturated carbocycles. The molecule has 1 aromatic carbocycles. The SMILES string of the molecule is CCC1COc2c(C)cc(Cl)cc2N1. The van der Waals surface area contributed by atoms with E-state index >= 15 is 0 Å². The Morgan fingerprint density at radius 3 is 3.07 bits per heavy atom. The molecule has 2 rings (SSSR count). The maximum Gasteiger partial charge on any atom is 0.145 e. The number of fused-ring (bicyclic) bond motifs is 1. The van der Waals surface area contributed by atoms with Gasteiger partial charge in [0.15, 0.2) is 0 Å². The highest BCUT2D eigenvalue weighted by Gasteiger charge is 2.19. The average Bonchev–Trinajstić information content (AvgIpc) is 2.16. The molecule has 1 aliphatic rings. The van der Waals surface area contributed by atoms with Crippen molar-refractivity contribution in [2.24, 2.45) is 0 Å². The van der Waals surface area contributed by atoms with E-state index in [0.717, 1.165) is 35.1 Å². The highest BCUT2D eigenvalue weighted by atomic mass is 35.5. The minimum Gasteiger partial charge on any atom is -0.489 e. The first-order chi connectivity index (χ1) is 6.70. The number of ether oxygens (including phenoxy) is 1. The number of anilines is 1. The van der Waals surface area contributed by atoms with E-state index < -0.39 is 0 Å². The molecule has 1 aromatic rings. The van der Waals surface area contributed by atoms with Crippen LogP contribution in [0.3, 0.4) is 0 Å². The molecule has 0 spiro atoms. The molecular weight excluding hydrogens is 198 g/mol. The Balaban J connectivity index is 2.37. The first kappa shape index (κ1) is 9.66. The summed E-state index contributed by atoms with van der Waals surface area (Å²) in [7, 11) is 0. The Labute approximate surface area is 89.2 Å². The van der Waals surface area contributed by atoms with E-state index in [4.69, 9.17) is 16.3 Å². The third-order valence-corrected chi connectivity index (χ3v) is 2.74. The van der Waals surface area contributed by atoms with Gasteiger partial charge in [-0.25, -0.2) is 0 Å². The number of hydrogen-bond donors (Lipinski definition) is 1. The average molecular weight is 212 g/mol. The summed E-state index contributed by atoms with van der Waals surface area (Å²) in [5, 5.41) is 4.18. The number of halogens is 1. The Hall–Kier alpha value is -0.890. The Kier molecular flexibility index (Phi) is 2.55. The maximum atomic E-state index is 5.98. The second kappa shape index (κ2) is 3.70. The maximum absolute atomic E-state index is 5.98. The van der Waals surface area contributed by atoms with Gasteiger partial charge in [-0.1, -0.05) is 18.5 Å². The van der Waals surface area contributed by atoms with Crippen LogP contribution in [0.2, 0.25) is 5.02 Å². The molecule has 0 amide bonds. The molecule has 1 heterocycles. The van der Waals surface area contributed by atoms with Gasteiger partial charge >= 0.3 is 0 Å². The molecule has 0 saturated heterocycles. The summed E-state index contributed by atoms with van der Waals surface area (Å²) in [5.41, 5.74) is 2.11. The normalized spacial score (nSPS) is 19.5. The number of nitrogens with one attached hydrogen (secondary N) is 1. The molecular formula is C11H14ClNO. The van der Waals surface area contributed by atoms with Crippen LogP contribution in [0.1, 0.15) is 18.9 Å². The van der Waals surface area contributed by atoms with E-state index in [2.05, 4.69) is 12.2 Å². The van der Waals surface area contributed by atoms with Crippen molar-refractivity contribution in [3.8, 4) is 5.75 Å². The predicted molar refractivity (Wildman–Crippen MR) is 59.4 cm³/mol. The molecule has 2 nitrogen and oxygen atoms in total. The van der Waals surface area contributed by atoms with Gasteiger partial charge < -0.3 is 10.1 Å². The first-order valence-electron chi connectivity index (χ1n) is 4.90. The first-order valence-corrected chi connectivity index (χ1v) is 5.28. The zero-order valence-corrected chi connectivity index (χ0v) is 9.19.